The molecule has 0 aromatic heterocycles. The maximum atomic E-state index is 9.11. The third-order valence-corrected chi connectivity index (χ3v) is 3.84. The molecule has 0 saturated heterocycles. The number of aliphatic hydroxyl groups excluding tert-OH is 1. The summed E-state index contributed by atoms with van der Waals surface area (Å²) in [6, 6.07) is 17.1. The first-order valence-electron chi connectivity index (χ1n) is 7.68. The molecule has 0 radical (unpaired) electrons. The van der Waals surface area contributed by atoms with Gasteiger partial charge in [-0.05, 0) is 36.4 Å². The summed E-state index contributed by atoms with van der Waals surface area (Å²) in [6.45, 7) is 2.78. The van der Waals surface area contributed by atoms with Crippen LogP contribution in [0.5, 0.6) is 5.75 Å². The molecule has 0 aliphatic heterocycles. The number of hydrogen-bond acceptors (Lipinski definition) is 4. The summed E-state index contributed by atoms with van der Waals surface area (Å²) in [5, 5.41) is 17.5. The minimum atomic E-state index is -0.0565. The molecule has 0 heterocycles. The van der Waals surface area contributed by atoms with E-state index in [4.69, 9.17) is 9.84 Å². The number of nitrogens with zero attached hydrogens (tertiary/aromatic N) is 3. The predicted molar refractivity (Wildman–Crippen MR) is 91.2 cm³/mol. The van der Waals surface area contributed by atoms with E-state index < -0.39 is 0 Å². The van der Waals surface area contributed by atoms with Crippen LogP contribution >= 0.6 is 0 Å². The number of hydrogen-bond donors (Lipinski definition) is 1. The van der Waals surface area contributed by atoms with Crippen LogP contribution in [0, 0.1) is 0 Å². The van der Waals surface area contributed by atoms with Crippen molar-refractivity contribution in [2.75, 3.05) is 27.2 Å². The van der Waals surface area contributed by atoms with E-state index in [0.29, 0.717) is 11.0 Å². The standard InChI is InChI=1S/C18H24N3O2/c1-15(21(2,3)13-14-22)23-18-11-9-17(10-12-18)20-19-16-7-5-4-6-8-16/h4-12,15,22H,13-14H2,1-3H3/q+1. The van der Waals surface area contributed by atoms with Gasteiger partial charge in [0, 0.05) is 6.92 Å². The summed E-state index contributed by atoms with van der Waals surface area (Å²) in [5.74, 6) is 0.778. The first-order valence-corrected chi connectivity index (χ1v) is 7.68. The zero-order valence-corrected chi connectivity index (χ0v) is 13.9. The highest BCUT2D eigenvalue weighted by Gasteiger charge is 2.24. The summed E-state index contributed by atoms with van der Waals surface area (Å²) >= 11 is 0. The molecule has 2 rings (SSSR count). The molecular formula is C18H24N3O2+. The maximum Gasteiger partial charge on any atom is 0.230 e. The zero-order chi connectivity index (χ0) is 16.7. The number of ether oxygens (including phenoxy) is 1. The van der Waals surface area contributed by atoms with Crippen molar-refractivity contribution >= 4 is 11.4 Å². The summed E-state index contributed by atoms with van der Waals surface area (Å²) in [5.41, 5.74) is 1.60. The van der Waals surface area contributed by atoms with Gasteiger partial charge in [0.2, 0.25) is 6.23 Å². The van der Waals surface area contributed by atoms with Gasteiger partial charge in [-0.1, -0.05) is 18.2 Å². The fourth-order valence-corrected chi connectivity index (χ4v) is 1.98. The lowest BCUT2D eigenvalue weighted by Crippen LogP contribution is -2.51. The minimum absolute atomic E-state index is 0.0565. The van der Waals surface area contributed by atoms with Gasteiger partial charge in [0.25, 0.3) is 0 Å². The molecule has 0 fully saturated rings. The van der Waals surface area contributed by atoms with Crippen molar-refractivity contribution in [3.8, 4) is 5.75 Å². The highest BCUT2D eigenvalue weighted by Crippen LogP contribution is 2.22. The highest BCUT2D eigenvalue weighted by atomic mass is 16.5. The van der Waals surface area contributed by atoms with E-state index in [1.807, 2.05) is 75.6 Å². The normalized spacial score (nSPS) is 13.2. The number of likely N-dealkylation sites (N-methyl/N-ethyl adjacent to an activating group) is 1. The van der Waals surface area contributed by atoms with Crippen LogP contribution in [-0.2, 0) is 0 Å². The van der Waals surface area contributed by atoms with E-state index in [1.54, 1.807) is 0 Å². The number of rotatable bonds is 7. The molecule has 0 spiro atoms. The molecule has 1 atom stereocenters. The molecule has 2 aromatic carbocycles. The monoisotopic (exact) mass is 314 g/mol. The van der Waals surface area contributed by atoms with Gasteiger partial charge in [0.1, 0.15) is 12.3 Å². The van der Waals surface area contributed by atoms with Crippen LogP contribution in [0.25, 0.3) is 0 Å². The number of aliphatic hydroxyl groups is 1. The maximum absolute atomic E-state index is 9.11. The van der Waals surface area contributed by atoms with Gasteiger partial charge in [-0.25, -0.2) is 0 Å². The van der Waals surface area contributed by atoms with Gasteiger partial charge < -0.3 is 9.84 Å². The highest BCUT2D eigenvalue weighted by molar-refractivity contribution is 5.42. The number of azo groups is 1. The molecule has 2 aromatic rings. The Labute approximate surface area is 137 Å². The van der Waals surface area contributed by atoms with E-state index in [0.717, 1.165) is 17.1 Å². The molecule has 1 unspecified atom stereocenters. The molecule has 0 amide bonds. The lowest BCUT2D eigenvalue weighted by atomic mass is 10.3. The summed E-state index contributed by atoms with van der Waals surface area (Å²) < 4.78 is 6.53. The quantitative estimate of drug-likeness (QED) is 0.479. The van der Waals surface area contributed by atoms with Crippen molar-refractivity contribution in [1.82, 2.24) is 0 Å². The third-order valence-electron chi connectivity index (χ3n) is 3.84. The van der Waals surface area contributed by atoms with Crippen LogP contribution in [0.3, 0.4) is 0 Å². The zero-order valence-electron chi connectivity index (χ0n) is 13.9. The summed E-state index contributed by atoms with van der Waals surface area (Å²) in [6.07, 6.45) is -0.0565. The molecule has 23 heavy (non-hydrogen) atoms. The van der Waals surface area contributed by atoms with Gasteiger partial charge in [0.15, 0.2) is 0 Å². The number of benzene rings is 2. The SMILES string of the molecule is CC(Oc1ccc(N=Nc2ccccc2)cc1)[N+](C)(C)CCO. The van der Waals surface area contributed by atoms with Crippen LogP contribution in [0.4, 0.5) is 11.4 Å². The van der Waals surface area contributed by atoms with E-state index in [1.165, 1.54) is 0 Å². The summed E-state index contributed by atoms with van der Waals surface area (Å²) in [7, 11) is 4.06. The Morgan fingerprint density at radius 2 is 1.52 bits per heavy atom. The lowest BCUT2D eigenvalue weighted by molar-refractivity contribution is -0.931. The van der Waals surface area contributed by atoms with Crippen molar-refractivity contribution < 1.29 is 14.3 Å². The molecule has 5 nitrogen and oxygen atoms in total. The molecule has 0 aliphatic rings. The van der Waals surface area contributed by atoms with E-state index in [2.05, 4.69) is 10.2 Å². The number of quaternary nitrogens is 1. The smallest absolute Gasteiger partial charge is 0.230 e. The van der Waals surface area contributed by atoms with Crippen LogP contribution < -0.4 is 4.74 Å². The van der Waals surface area contributed by atoms with Crippen molar-refractivity contribution in [3.05, 3.63) is 54.6 Å². The molecule has 0 saturated carbocycles. The Hall–Kier alpha value is -2.24. The molecule has 0 bridgehead atoms. The van der Waals surface area contributed by atoms with Crippen molar-refractivity contribution in [2.24, 2.45) is 10.2 Å². The van der Waals surface area contributed by atoms with Gasteiger partial charge in [0.05, 0.1) is 32.1 Å². The molecule has 122 valence electrons. The lowest BCUT2D eigenvalue weighted by Gasteiger charge is -2.35. The first-order chi connectivity index (χ1) is 11.0. The van der Waals surface area contributed by atoms with Crippen LogP contribution in [0.1, 0.15) is 6.92 Å². The Morgan fingerprint density at radius 1 is 0.957 bits per heavy atom. The Balaban J connectivity index is 1.98. The van der Waals surface area contributed by atoms with Gasteiger partial charge in [-0.3, -0.25) is 4.48 Å². The molecule has 1 N–H and O–H groups in total. The van der Waals surface area contributed by atoms with Crippen LogP contribution in [-0.4, -0.2) is 43.1 Å². The predicted octanol–water partition coefficient (Wildman–Crippen LogP) is 3.90. The van der Waals surface area contributed by atoms with Crippen LogP contribution in [0.15, 0.2) is 64.8 Å². The Bertz CT molecular complexity index is 624. The Kier molecular flexibility index (Phi) is 5.84. The average Bonchev–Trinajstić information content (AvgIpc) is 2.55. The minimum Gasteiger partial charge on any atom is -0.443 e. The van der Waals surface area contributed by atoms with Crippen LogP contribution in [0.2, 0.25) is 0 Å². The van der Waals surface area contributed by atoms with Crippen molar-refractivity contribution in [1.29, 1.82) is 0 Å². The fourth-order valence-electron chi connectivity index (χ4n) is 1.98. The second-order valence-corrected chi connectivity index (χ2v) is 5.97. The molecular weight excluding hydrogens is 290 g/mol. The average molecular weight is 314 g/mol. The second-order valence-electron chi connectivity index (χ2n) is 5.97. The molecule has 5 heteroatoms. The topological polar surface area (TPSA) is 54.2 Å². The van der Waals surface area contributed by atoms with Gasteiger partial charge in [-0.15, -0.1) is 0 Å². The first kappa shape index (κ1) is 17.1. The van der Waals surface area contributed by atoms with E-state index >= 15 is 0 Å². The van der Waals surface area contributed by atoms with Gasteiger partial charge in [-0.2, -0.15) is 10.2 Å². The van der Waals surface area contributed by atoms with Crippen molar-refractivity contribution in [3.63, 3.8) is 0 Å². The van der Waals surface area contributed by atoms with E-state index in [9.17, 15) is 0 Å². The molecule has 0 aliphatic carbocycles. The fraction of sp³-hybridized carbons (Fsp3) is 0.333. The Morgan fingerprint density at radius 3 is 2.09 bits per heavy atom. The second kappa shape index (κ2) is 7.85. The largest absolute Gasteiger partial charge is 0.443 e. The van der Waals surface area contributed by atoms with Gasteiger partial charge >= 0.3 is 0 Å². The summed E-state index contributed by atoms with van der Waals surface area (Å²) in [4.78, 5) is 0. The van der Waals surface area contributed by atoms with E-state index in [-0.39, 0.29) is 12.8 Å². The van der Waals surface area contributed by atoms with Crippen molar-refractivity contribution in [2.45, 2.75) is 13.2 Å². The third kappa shape index (κ3) is 5.16.